The van der Waals surface area contributed by atoms with E-state index in [1.54, 1.807) is 6.07 Å². The second kappa shape index (κ2) is 8.86. The second-order valence-corrected chi connectivity index (χ2v) is 8.22. The Morgan fingerprint density at radius 1 is 1.03 bits per heavy atom. The molecule has 2 aromatic rings. The molecule has 2 aromatic carbocycles. The van der Waals surface area contributed by atoms with Gasteiger partial charge < -0.3 is 10.1 Å². The van der Waals surface area contributed by atoms with Gasteiger partial charge >= 0.3 is 5.97 Å². The molecule has 0 radical (unpaired) electrons. The minimum absolute atomic E-state index is 0.00211. The molecule has 10 nitrogen and oxygen atoms in total. The van der Waals surface area contributed by atoms with Crippen LogP contribution >= 0.6 is 0 Å². The summed E-state index contributed by atoms with van der Waals surface area (Å²) in [6, 6.07) is 10.2. The summed E-state index contributed by atoms with van der Waals surface area (Å²) in [5, 5.41) is 23.9. The molecule has 1 saturated carbocycles. The molecule has 10 heteroatoms. The van der Waals surface area contributed by atoms with E-state index < -0.39 is 57.3 Å². The van der Waals surface area contributed by atoms with Gasteiger partial charge in [0.1, 0.15) is 16.7 Å². The summed E-state index contributed by atoms with van der Waals surface area (Å²) in [6.45, 7) is -0.758. The van der Waals surface area contributed by atoms with E-state index in [0.717, 1.165) is 25.3 Å². The number of benzene rings is 2. The van der Waals surface area contributed by atoms with Gasteiger partial charge in [0.25, 0.3) is 11.6 Å². The van der Waals surface area contributed by atoms with Gasteiger partial charge in [-0.2, -0.15) is 5.26 Å². The van der Waals surface area contributed by atoms with E-state index in [1.165, 1.54) is 24.3 Å². The first kappa shape index (κ1) is 22.8. The predicted molar refractivity (Wildman–Crippen MR) is 116 cm³/mol. The van der Waals surface area contributed by atoms with E-state index in [2.05, 4.69) is 11.4 Å². The summed E-state index contributed by atoms with van der Waals surface area (Å²) in [5.74, 6) is -3.23. The summed E-state index contributed by atoms with van der Waals surface area (Å²) >= 11 is 0. The lowest BCUT2D eigenvalue weighted by Gasteiger charge is -2.31. The average molecular weight is 461 g/mol. The van der Waals surface area contributed by atoms with E-state index in [0.29, 0.717) is 12.8 Å². The molecule has 0 unspecified atom stereocenters. The highest BCUT2D eigenvalue weighted by Gasteiger charge is 2.39. The van der Waals surface area contributed by atoms with Crippen molar-refractivity contribution in [2.75, 3.05) is 6.61 Å². The topological polar surface area (TPSA) is 156 Å². The van der Waals surface area contributed by atoms with Crippen LogP contribution in [-0.4, -0.2) is 40.5 Å². The lowest BCUT2D eigenvalue weighted by atomic mass is 9.82. The number of carbonyl (C=O) groups is 4. The zero-order chi connectivity index (χ0) is 24.5. The van der Waals surface area contributed by atoms with Gasteiger partial charge in [-0.1, -0.05) is 43.5 Å². The summed E-state index contributed by atoms with van der Waals surface area (Å²) in [6.07, 6.45) is 3.49. The number of esters is 1. The highest BCUT2D eigenvalue weighted by molar-refractivity contribution is 6.30. The van der Waals surface area contributed by atoms with Crippen molar-refractivity contribution >= 4 is 29.1 Å². The molecule has 0 spiro atoms. The Balaban J connectivity index is 1.59. The third-order valence-corrected chi connectivity index (χ3v) is 6.10. The van der Waals surface area contributed by atoms with Gasteiger partial charge in [-0.05, 0) is 25.0 Å². The minimum Gasteiger partial charge on any atom is -0.452 e. The first-order chi connectivity index (χ1) is 16.3. The lowest BCUT2D eigenvalue weighted by molar-refractivity contribution is -0.385. The minimum atomic E-state index is -1.20. The fourth-order valence-electron chi connectivity index (χ4n) is 4.46. The quantitative estimate of drug-likeness (QED) is 0.345. The van der Waals surface area contributed by atoms with Crippen LogP contribution in [0.3, 0.4) is 0 Å². The van der Waals surface area contributed by atoms with E-state index >= 15 is 0 Å². The van der Waals surface area contributed by atoms with E-state index in [9.17, 15) is 34.6 Å². The van der Waals surface area contributed by atoms with E-state index in [4.69, 9.17) is 4.74 Å². The van der Waals surface area contributed by atoms with Crippen molar-refractivity contribution in [1.82, 2.24) is 5.32 Å². The molecular weight excluding hydrogens is 442 g/mol. The van der Waals surface area contributed by atoms with Crippen LogP contribution in [0.25, 0.3) is 0 Å². The van der Waals surface area contributed by atoms with Crippen molar-refractivity contribution in [2.45, 2.75) is 37.6 Å². The number of rotatable bonds is 5. The third kappa shape index (κ3) is 3.92. The Kier molecular flexibility index (Phi) is 5.94. The molecular formula is C24H19N3O7. The zero-order valence-electron chi connectivity index (χ0n) is 18.0. The number of carbonyl (C=O) groups excluding carboxylic acids is 4. The smallest absolute Gasteiger partial charge is 0.345 e. The van der Waals surface area contributed by atoms with Gasteiger partial charge in [0, 0.05) is 16.7 Å². The number of hydrogen-bond acceptors (Lipinski definition) is 8. The maximum absolute atomic E-state index is 13.0. The summed E-state index contributed by atoms with van der Waals surface area (Å²) in [5.41, 5.74) is -2.98. The van der Waals surface area contributed by atoms with Crippen molar-refractivity contribution < 1.29 is 28.8 Å². The number of nitriles is 1. The van der Waals surface area contributed by atoms with Crippen LogP contribution in [0.2, 0.25) is 0 Å². The summed E-state index contributed by atoms with van der Waals surface area (Å²) in [7, 11) is 0. The van der Waals surface area contributed by atoms with Crippen molar-refractivity contribution in [3.8, 4) is 6.07 Å². The first-order valence-corrected chi connectivity index (χ1v) is 10.7. The molecule has 2 aliphatic rings. The van der Waals surface area contributed by atoms with Gasteiger partial charge in [-0.25, -0.2) is 4.79 Å². The number of ether oxygens (including phenoxy) is 1. The van der Waals surface area contributed by atoms with Crippen molar-refractivity contribution in [2.24, 2.45) is 0 Å². The van der Waals surface area contributed by atoms with Gasteiger partial charge in [0.05, 0.1) is 11.0 Å². The number of nitro groups is 1. The standard InChI is InChI=1S/C24H19N3O7/c25-13-24(10-4-1-5-11-24)26-18(28)12-34-23(31)17-9-8-16-19(20(17)27(32)33)22(30)15-7-3-2-6-14(15)21(16)29/h2-3,6-9H,1,4-5,10-12H2,(H,26,28). The van der Waals surface area contributed by atoms with Crippen molar-refractivity contribution in [1.29, 1.82) is 5.26 Å². The van der Waals surface area contributed by atoms with Gasteiger partial charge in [0.15, 0.2) is 12.4 Å². The van der Waals surface area contributed by atoms with Crippen molar-refractivity contribution in [3.05, 3.63) is 74.3 Å². The molecule has 1 fully saturated rings. The lowest BCUT2D eigenvalue weighted by Crippen LogP contribution is -2.50. The fraction of sp³-hybridized carbons (Fsp3) is 0.292. The Morgan fingerprint density at radius 2 is 1.68 bits per heavy atom. The first-order valence-electron chi connectivity index (χ1n) is 10.7. The number of fused-ring (bicyclic) bond motifs is 2. The van der Waals surface area contributed by atoms with Crippen LogP contribution in [0.4, 0.5) is 5.69 Å². The van der Waals surface area contributed by atoms with E-state index in [1.807, 2.05) is 0 Å². The predicted octanol–water partition coefficient (Wildman–Crippen LogP) is 2.87. The molecule has 2 aliphatic carbocycles. The summed E-state index contributed by atoms with van der Waals surface area (Å²) < 4.78 is 4.97. The highest BCUT2D eigenvalue weighted by Crippen LogP contribution is 2.35. The number of nitrogens with one attached hydrogen (secondary N) is 1. The normalized spacial score (nSPS) is 16.0. The van der Waals surface area contributed by atoms with Crippen LogP contribution < -0.4 is 5.32 Å². The number of amides is 1. The Hall–Kier alpha value is -4.39. The number of hydrogen-bond donors (Lipinski definition) is 1. The second-order valence-electron chi connectivity index (χ2n) is 8.22. The summed E-state index contributed by atoms with van der Waals surface area (Å²) in [4.78, 5) is 61.7. The Labute approximate surface area is 193 Å². The highest BCUT2D eigenvalue weighted by atomic mass is 16.6. The van der Waals surface area contributed by atoms with Gasteiger partial charge in [-0.15, -0.1) is 0 Å². The molecule has 1 amide bonds. The molecule has 0 aromatic heterocycles. The molecule has 0 aliphatic heterocycles. The maximum atomic E-state index is 13.0. The van der Waals surface area contributed by atoms with Crippen LogP contribution in [0.1, 0.15) is 74.3 Å². The van der Waals surface area contributed by atoms with Crippen LogP contribution in [0.5, 0.6) is 0 Å². The molecule has 0 heterocycles. The van der Waals surface area contributed by atoms with Crippen LogP contribution in [0.15, 0.2) is 36.4 Å². The monoisotopic (exact) mass is 461 g/mol. The maximum Gasteiger partial charge on any atom is 0.345 e. The number of ketones is 2. The van der Waals surface area contributed by atoms with E-state index in [-0.39, 0.29) is 16.7 Å². The largest absolute Gasteiger partial charge is 0.452 e. The van der Waals surface area contributed by atoms with Gasteiger partial charge in [0.2, 0.25) is 5.78 Å². The molecule has 0 atom stereocenters. The molecule has 172 valence electrons. The average Bonchev–Trinajstić information content (AvgIpc) is 2.85. The van der Waals surface area contributed by atoms with Crippen LogP contribution in [0, 0.1) is 21.4 Å². The van der Waals surface area contributed by atoms with Crippen molar-refractivity contribution in [3.63, 3.8) is 0 Å². The number of nitrogens with zero attached hydrogens (tertiary/aromatic N) is 2. The zero-order valence-corrected chi connectivity index (χ0v) is 18.0. The van der Waals surface area contributed by atoms with Gasteiger partial charge in [-0.3, -0.25) is 24.5 Å². The van der Waals surface area contributed by atoms with Crippen LogP contribution in [-0.2, 0) is 9.53 Å². The molecule has 1 N–H and O–H groups in total. The Bertz CT molecular complexity index is 1290. The number of nitro benzene ring substituents is 1. The Morgan fingerprint density at radius 3 is 2.29 bits per heavy atom. The molecule has 34 heavy (non-hydrogen) atoms. The SMILES string of the molecule is N#CC1(NC(=O)COC(=O)c2ccc3c(c2[N+](=O)[O-])C(=O)c2ccccc2C3=O)CCCCC1. The molecule has 0 saturated heterocycles. The fourth-order valence-corrected chi connectivity index (χ4v) is 4.46. The molecule has 4 rings (SSSR count). The third-order valence-electron chi connectivity index (χ3n) is 6.10. The molecule has 0 bridgehead atoms.